The molecule has 3 heteroatoms. The molecule has 1 heterocycles. The van der Waals surface area contributed by atoms with Crippen molar-refractivity contribution in [3.8, 4) is 0 Å². The minimum absolute atomic E-state index is 0.0690. The van der Waals surface area contributed by atoms with Crippen molar-refractivity contribution in [1.82, 2.24) is 0 Å². The molecule has 0 amide bonds. The number of fused-ring (bicyclic) bond motifs is 1. The predicted molar refractivity (Wildman–Crippen MR) is 42.6 cm³/mol. The molecule has 3 nitrogen and oxygen atoms in total. The average Bonchev–Trinajstić information content (AvgIpc) is 2.51. The van der Waals surface area contributed by atoms with E-state index in [-0.39, 0.29) is 5.97 Å². The highest BCUT2D eigenvalue weighted by atomic mass is 16.5. The summed E-state index contributed by atoms with van der Waals surface area (Å²) < 4.78 is 10.3. The Morgan fingerprint density at radius 1 is 1.67 bits per heavy atom. The highest BCUT2D eigenvalue weighted by Gasteiger charge is 2.55. The fourth-order valence-corrected chi connectivity index (χ4v) is 2.06. The summed E-state index contributed by atoms with van der Waals surface area (Å²) in [7, 11) is 0. The van der Waals surface area contributed by atoms with Gasteiger partial charge in [-0.15, -0.1) is 0 Å². The van der Waals surface area contributed by atoms with Crippen LogP contribution < -0.4 is 0 Å². The van der Waals surface area contributed by atoms with Crippen molar-refractivity contribution in [2.24, 2.45) is 11.8 Å². The lowest BCUT2D eigenvalue weighted by atomic mass is 10.2. The minimum Gasteiger partial charge on any atom is -0.466 e. The van der Waals surface area contributed by atoms with Crippen LogP contribution in [0.4, 0.5) is 0 Å². The Bertz CT molecular complexity index is 180. The van der Waals surface area contributed by atoms with Gasteiger partial charge in [-0.3, -0.25) is 4.79 Å². The molecule has 1 saturated heterocycles. The molecular formula is C9H14O3. The lowest BCUT2D eigenvalue weighted by molar-refractivity contribution is -0.143. The van der Waals surface area contributed by atoms with Crippen LogP contribution in [-0.4, -0.2) is 25.3 Å². The van der Waals surface area contributed by atoms with Crippen LogP contribution in [0.1, 0.15) is 19.8 Å². The molecular weight excluding hydrogens is 156 g/mol. The van der Waals surface area contributed by atoms with E-state index in [9.17, 15) is 4.79 Å². The number of hydrogen-bond donors (Lipinski definition) is 0. The van der Waals surface area contributed by atoms with Gasteiger partial charge in [0.2, 0.25) is 0 Å². The van der Waals surface area contributed by atoms with Gasteiger partial charge in [-0.2, -0.15) is 0 Å². The van der Waals surface area contributed by atoms with Crippen LogP contribution in [0.2, 0.25) is 0 Å². The van der Waals surface area contributed by atoms with Crippen molar-refractivity contribution in [3.63, 3.8) is 0 Å². The second kappa shape index (κ2) is 3.05. The number of carbonyl (C=O) groups is 1. The smallest absolute Gasteiger partial charge is 0.306 e. The first-order valence-corrected chi connectivity index (χ1v) is 4.60. The molecule has 2 fully saturated rings. The molecule has 1 aliphatic heterocycles. The molecule has 68 valence electrons. The minimum atomic E-state index is -0.0690. The van der Waals surface area contributed by atoms with Crippen LogP contribution >= 0.6 is 0 Å². The van der Waals surface area contributed by atoms with E-state index in [4.69, 9.17) is 9.47 Å². The molecule has 3 unspecified atom stereocenters. The van der Waals surface area contributed by atoms with E-state index in [2.05, 4.69) is 0 Å². The molecule has 2 aliphatic rings. The first kappa shape index (κ1) is 8.05. The zero-order valence-corrected chi connectivity index (χ0v) is 7.29. The molecule has 0 aromatic rings. The monoisotopic (exact) mass is 170 g/mol. The Labute approximate surface area is 72.0 Å². The number of carbonyl (C=O) groups excluding carboxylic acids is 1. The molecule has 0 spiro atoms. The number of ether oxygens (including phenoxy) is 2. The van der Waals surface area contributed by atoms with Crippen LogP contribution in [0.15, 0.2) is 0 Å². The molecule has 1 aliphatic carbocycles. The molecule has 12 heavy (non-hydrogen) atoms. The first-order chi connectivity index (χ1) is 5.83. The highest BCUT2D eigenvalue weighted by Crippen LogP contribution is 2.50. The molecule has 0 aromatic carbocycles. The van der Waals surface area contributed by atoms with Gasteiger partial charge in [0.1, 0.15) is 0 Å². The number of esters is 1. The summed E-state index contributed by atoms with van der Waals surface area (Å²) in [5.74, 6) is 1.06. The van der Waals surface area contributed by atoms with E-state index in [1.165, 1.54) is 0 Å². The molecule has 0 bridgehead atoms. The zero-order chi connectivity index (χ0) is 8.55. The van der Waals surface area contributed by atoms with Crippen molar-refractivity contribution in [2.75, 3.05) is 13.2 Å². The van der Waals surface area contributed by atoms with E-state index in [1.807, 2.05) is 6.92 Å². The maximum Gasteiger partial charge on any atom is 0.306 e. The van der Waals surface area contributed by atoms with Gasteiger partial charge in [-0.25, -0.2) is 0 Å². The topological polar surface area (TPSA) is 35.5 Å². The number of rotatable bonds is 3. The van der Waals surface area contributed by atoms with Gasteiger partial charge in [0.15, 0.2) is 0 Å². The van der Waals surface area contributed by atoms with E-state index in [0.717, 1.165) is 13.0 Å². The molecule has 0 radical (unpaired) electrons. The largest absolute Gasteiger partial charge is 0.466 e. The average molecular weight is 170 g/mol. The van der Waals surface area contributed by atoms with Gasteiger partial charge < -0.3 is 9.47 Å². The van der Waals surface area contributed by atoms with Crippen LogP contribution in [-0.2, 0) is 14.3 Å². The van der Waals surface area contributed by atoms with Gasteiger partial charge >= 0.3 is 5.97 Å². The van der Waals surface area contributed by atoms with Crippen LogP contribution in [0.5, 0.6) is 0 Å². The van der Waals surface area contributed by atoms with Crippen LogP contribution in [0.3, 0.4) is 0 Å². The summed E-state index contributed by atoms with van der Waals surface area (Å²) >= 11 is 0. The number of hydrogen-bond acceptors (Lipinski definition) is 3. The van der Waals surface area contributed by atoms with E-state index in [0.29, 0.717) is 31.0 Å². The summed E-state index contributed by atoms with van der Waals surface area (Å²) in [6.45, 7) is 3.21. The van der Waals surface area contributed by atoms with Crippen molar-refractivity contribution in [1.29, 1.82) is 0 Å². The quantitative estimate of drug-likeness (QED) is 0.592. The summed E-state index contributed by atoms with van der Waals surface area (Å²) in [5, 5.41) is 0. The van der Waals surface area contributed by atoms with E-state index < -0.39 is 0 Å². The van der Waals surface area contributed by atoms with Crippen molar-refractivity contribution in [3.05, 3.63) is 0 Å². The second-order valence-corrected chi connectivity index (χ2v) is 3.46. The maximum absolute atomic E-state index is 11.0. The summed E-state index contributed by atoms with van der Waals surface area (Å²) in [4.78, 5) is 11.0. The third-order valence-electron chi connectivity index (χ3n) is 2.72. The lowest BCUT2D eigenvalue weighted by Gasteiger charge is -2.02. The Morgan fingerprint density at radius 3 is 3.08 bits per heavy atom. The van der Waals surface area contributed by atoms with Gasteiger partial charge in [0.05, 0.1) is 19.1 Å². The highest BCUT2D eigenvalue weighted by molar-refractivity contribution is 5.70. The normalized spacial score (nSPS) is 37.6. The predicted octanol–water partition coefficient (Wildman–Crippen LogP) is 0.974. The van der Waals surface area contributed by atoms with E-state index in [1.54, 1.807) is 0 Å². The van der Waals surface area contributed by atoms with E-state index >= 15 is 0 Å². The fourth-order valence-electron chi connectivity index (χ4n) is 2.06. The molecule has 3 atom stereocenters. The molecule has 1 saturated carbocycles. The van der Waals surface area contributed by atoms with Gasteiger partial charge in [0, 0.05) is 12.5 Å². The standard InChI is InChI=1S/C9H14O3/c1-2-11-8(10)5-7-6-3-4-12-9(6)7/h6-7,9H,2-5H2,1H3. The second-order valence-electron chi connectivity index (χ2n) is 3.46. The third-order valence-corrected chi connectivity index (χ3v) is 2.72. The molecule has 0 N–H and O–H groups in total. The maximum atomic E-state index is 11.0. The van der Waals surface area contributed by atoms with Gasteiger partial charge in [0.25, 0.3) is 0 Å². The van der Waals surface area contributed by atoms with Crippen molar-refractivity contribution in [2.45, 2.75) is 25.9 Å². The van der Waals surface area contributed by atoms with Crippen molar-refractivity contribution >= 4 is 5.97 Å². The SMILES string of the molecule is CCOC(=O)CC1C2CCOC21. The Morgan fingerprint density at radius 2 is 2.50 bits per heavy atom. The zero-order valence-electron chi connectivity index (χ0n) is 7.29. The summed E-state index contributed by atoms with van der Waals surface area (Å²) in [5.41, 5.74) is 0. The van der Waals surface area contributed by atoms with Crippen LogP contribution in [0.25, 0.3) is 0 Å². The Kier molecular flexibility index (Phi) is 2.05. The fraction of sp³-hybridized carbons (Fsp3) is 0.889. The Hall–Kier alpha value is -0.570. The molecule has 0 aromatic heterocycles. The third kappa shape index (κ3) is 1.33. The van der Waals surface area contributed by atoms with Gasteiger partial charge in [-0.05, 0) is 19.3 Å². The molecule has 2 rings (SSSR count). The Balaban J connectivity index is 1.72. The van der Waals surface area contributed by atoms with Crippen molar-refractivity contribution < 1.29 is 14.3 Å². The van der Waals surface area contributed by atoms with Crippen LogP contribution in [0, 0.1) is 11.8 Å². The summed E-state index contributed by atoms with van der Waals surface area (Å²) in [6.07, 6.45) is 2.08. The summed E-state index contributed by atoms with van der Waals surface area (Å²) in [6, 6.07) is 0. The first-order valence-electron chi connectivity index (χ1n) is 4.60. The van der Waals surface area contributed by atoms with Gasteiger partial charge in [-0.1, -0.05) is 0 Å². The lowest BCUT2D eigenvalue weighted by Crippen LogP contribution is -2.08.